The zero-order chi connectivity index (χ0) is 21.9. The minimum absolute atomic E-state index is 0.0604. The van der Waals surface area contributed by atoms with Crippen LogP contribution in [0.25, 0.3) is 0 Å². The highest BCUT2D eigenvalue weighted by Crippen LogP contribution is 2.30. The molecule has 0 unspecified atom stereocenters. The van der Waals surface area contributed by atoms with Crippen LogP contribution in [0.15, 0.2) is 36.4 Å². The standard InChI is InChI=1S/C25H30FN3O/c1-6-18-15-19(8-10-23(18)26)24(30)27-21-9-7-20(22(16-21)25(2,3)4)17-29-13-11-28(5)12-14-29/h1,7-10,15-16H,11-14,17H2,2-5H3,(H,27,30). The molecule has 0 spiro atoms. The van der Waals surface area contributed by atoms with Crippen LogP contribution in [0.4, 0.5) is 10.1 Å². The molecule has 0 aromatic heterocycles. The van der Waals surface area contributed by atoms with Gasteiger partial charge in [-0.1, -0.05) is 32.8 Å². The lowest BCUT2D eigenvalue weighted by Gasteiger charge is -2.34. The van der Waals surface area contributed by atoms with E-state index in [-0.39, 0.29) is 16.9 Å². The molecular weight excluding hydrogens is 377 g/mol. The number of hydrogen-bond donors (Lipinski definition) is 1. The SMILES string of the molecule is C#Cc1cc(C(=O)Nc2ccc(CN3CCN(C)CC3)c(C(C)(C)C)c2)ccc1F. The van der Waals surface area contributed by atoms with Gasteiger partial charge in [-0.3, -0.25) is 9.69 Å². The number of anilines is 1. The second-order valence-corrected chi connectivity index (χ2v) is 8.99. The normalized spacial score (nSPS) is 15.6. The van der Waals surface area contributed by atoms with E-state index in [4.69, 9.17) is 6.42 Å². The molecule has 30 heavy (non-hydrogen) atoms. The van der Waals surface area contributed by atoms with Gasteiger partial charge in [0, 0.05) is 44.0 Å². The van der Waals surface area contributed by atoms with Crippen LogP contribution < -0.4 is 5.32 Å². The lowest BCUT2D eigenvalue weighted by Crippen LogP contribution is -2.44. The molecule has 158 valence electrons. The van der Waals surface area contributed by atoms with E-state index in [9.17, 15) is 9.18 Å². The van der Waals surface area contributed by atoms with E-state index in [1.165, 1.54) is 29.3 Å². The van der Waals surface area contributed by atoms with Gasteiger partial charge in [0.15, 0.2) is 0 Å². The Bertz CT molecular complexity index is 963. The van der Waals surface area contributed by atoms with Crippen molar-refractivity contribution in [1.29, 1.82) is 0 Å². The van der Waals surface area contributed by atoms with Crippen molar-refractivity contribution in [3.8, 4) is 12.3 Å². The first-order valence-electron chi connectivity index (χ1n) is 10.3. The predicted octanol–water partition coefficient (Wildman–Crippen LogP) is 4.10. The number of rotatable bonds is 4. The van der Waals surface area contributed by atoms with Crippen molar-refractivity contribution < 1.29 is 9.18 Å². The largest absolute Gasteiger partial charge is 0.322 e. The van der Waals surface area contributed by atoms with Gasteiger partial charge in [-0.15, -0.1) is 6.42 Å². The number of nitrogens with zero attached hydrogens (tertiary/aromatic N) is 2. The Kier molecular flexibility index (Phi) is 6.60. The first kappa shape index (κ1) is 22.0. The molecule has 1 heterocycles. The van der Waals surface area contributed by atoms with Crippen LogP contribution in [0, 0.1) is 18.2 Å². The fourth-order valence-electron chi connectivity index (χ4n) is 3.72. The molecule has 2 aromatic rings. The van der Waals surface area contributed by atoms with Crippen LogP contribution >= 0.6 is 0 Å². The van der Waals surface area contributed by atoms with E-state index in [0.29, 0.717) is 5.56 Å². The van der Waals surface area contributed by atoms with E-state index in [2.05, 4.69) is 61.0 Å². The van der Waals surface area contributed by atoms with Gasteiger partial charge in [0.25, 0.3) is 5.91 Å². The Labute approximate surface area is 179 Å². The summed E-state index contributed by atoms with van der Waals surface area (Å²) in [4.78, 5) is 17.5. The third-order valence-electron chi connectivity index (χ3n) is 5.55. The summed E-state index contributed by atoms with van der Waals surface area (Å²) in [7, 11) is 2.16. The second-order valence-electron chi connectivity index (χ2n) is 8.99. The van der Waals surface area contributed by atoms with Gasteiger partial charge in [-0.25, -0.2) is 4.39 Å². The molecule has 1 aliphatic rings. The molecular formula is C25H30FN3O. The molecule has 5 heteroatoms. The number of benzene rings is 2. The van der Waals surface area contributed by atoms with Crippen molar-refractivity contribution in [3.05, 3.63) is 64.5 Å². The van der Waals surface area contributed by atoms with E-state index in [1.807, 2.05) is 6.07 Å². The average Bonchev–Trinajstić information content (AvgIpc) is 2.70. The van der Waals surface area contributed by atoms with E-state index in [1.54, 1.807) is 0 Å². The second kappa shape index (κ2) is 8.99. The topological polar surface area (TPSA) is 35.6 Å². The van der Waals surface area contributed by atoms with E-state index < -0.39 is 5.82 Å². The zero-order valence-electron chi connectivity index (χ0n) is 18.3. The predicted molar refractivity (Wildman–Crippen MR) is 120 cm³/mol. The summed E-state index contributed by atoms with van der Waals surface area (Å²) >= 11 is 0. The Hall–Kier alpha value is -2.68. The van der Waals surface area contributed by atoms with Crippen LogP contribution in [0.2, 0.25) is 0 Å². The van der Waals surface area contributed by atoms with Gasteiger partial charge in [-0.05, 0) is 53.9 Å². The summed E-state index contributed by atoms with van der Waals surface area (Å²) in [5, 5.41) is 2.93. The number of carbonyl (C=O) groups is 1. The van der Waals surface area contributed by atoms with Crippen LogP contribution in [0.1, 0.15) is 47.8 Å². The number of carbonyl (C=O) groups excluding carboxylic acids is 1. The molecule has 0 atom stereocenters. The van der Waals surface area contributed by atoms with Gasteiger partial charge in [-0.2, -0.15) is 0 Å². The summed E-state index contributed by atoms with van der Waals surface area (Å²) in [5.74, 6) is 1.46. The third-order valence-corrected chi connectivity index (χ3v) is 5.55. The van der Waals surface area contributed by atoms with Gasteiger partial charge in [0.05, 0.1) is 5.56 Å². The van der Waals surface area contributed by atoms with Crippen LogP contribution in [0.3, 0.4) is 0 Å². The van der Waals surface area contributed by atoms with Gasteiger partial charge < -0.3 is 10.2 Å². The molecule has 0 saturated carbocycles. The summed E-state index contributed by atoms with van der Waals surface area (Å²) in [6.07, 6.45) is 5.31. The van der Waals surface area contributed by atoms with Crippen molar-refractivity contribution >= 4 is 11.6 Å². The van der Waals surface area contributed by atoms with Crippen molar-refractivity contribution in [2.45, 2.75) is 32.7 Å². The molecule has 3 rings (SSSR count). The summed E-state index contributed by atoms with van der Waals surface area (Å²) in [6, 6.07) is 10.2. The molecule has 1 amide bonds. The molecule has 4 nitrogen and oxygen atoms in total. The molecule has 1 fully saturated rings. The Morgan fingerprint density at radius 2 is 1.83 bits per heavy atom. The van der Waals surface area contributed by atoms with E-state index >= 15 is 0 Å². The minimum Gasteiger partial charge on any atom is -0.322 e. The van der Waals surface area contributed by atoms with Gasteiger partial charge in [0.1, 0.15) is 5.82 Å². The Morgan fingerprint density at radius 1 is 1.13 bits per heavy atom. The smallest absolute Gasteiger partial charge is 0.255 e. The number of halogens is 1. The number of piperazine rings is 1. The van der Waals surface area contributed by atoms with Gasteiger partial charge in [0.2, 0.25) is 0 Å². The fourth-order valence-corrected chi connectivity index (χ4v) is 3.72. The highest BCUT2D eigenvalue weighted by Gasteiger charge is 2.22. The number of hydrogen-bond acceptors (Lipinski definition) is 3. The van der Waals surface area contributed by atoms with Crippen molar-refractivity contribution in [2.75, 3.05) is 38.5 Å². The monoisotopic (exact) mass is 407 g/mol. The molecule has 0 bridgehead atoms. The quantitative estimate of drug-likeness (QED) is 0.775. The maximum absolute atomic E-state index is 13.6. The Morgan fingerprint density at radius 3 is 2.47 bits per heavy atom. The Balaban J connectivity index is 1.81. The molecule has 1 N–H and O–H groups in total. The lowest BCUT2D eigenvalue weighted by atomic mass is 9.83. The maximum atomic E-state index is 13.6. The van der Waals surface area contributed by atoms with Gasteiger partial charge >= 0.3 is 0 Å². The third kappa shape index (κ3) is 5.27. The zero-order valence-corrected chi connectivity index (χ0v) is 18.3. The van der Waals surface area contributed by atoms with Crippen molar-refractivity contribution in [3.63, 3.8) is 0 Å². The summed E-state index contributed by atoms with van der Waals surface area (Å²) < 4.78 is 13.6. The number of likely N-dealkylation sites (N-methyl/N-ethyl adjacent to an activating group) is 1. The van der Waals surface area contributed by atoms with Crippen LogP contribution in [-0.4, -0.2) is 48.9 Å². The minimum atomic E-state index is -0.502. The molecule has 0 radical (unpaired) electrons. The van der Waals surface area contributed by atoms with Crippen molar-refractivity contribution in [2.24, 2.45) is 0 Å². The van der Waals surface area contributed by atoms with E-state index in [0.717, 1.165) is 38.4 Å². The fraction of sp³-hybridized carbons (Fsp3) is 0.400. The number of amides is 1. The maximum Gasteiger partial charge on any atom is 0.255 e. The summed E-state index contributed by atoms with van der Waals surface area (Å²) in [6.45, 7) is 11.7. The average molecular weight is 408 g/mol. The number of terminal acetylenes is 1. The highest BCUT2D eigenvalue weighted by atomic mass is 19.1. The first-order chi connectivity index (χ1) is 14.2. The lowest BCUT2D eigenvalue weighted by molar-refractivity contribution is 0.102. The highest BCUT2D eigenvalue weighted by molar-refractivity contribution is 6.04. The van der Waals surface area contributed by atoms with Crippen molar-refractivity contribution in [1.82, 2.24) is 9.80 Å². The first-order valence-corrected chi connectivity index (χ1v) is 10.3. The van der Waals surface area contributed by atoms with Crippen LogP contribution in [-0.2, 0) is 12.0 Å². The number of nitrogens with one attached hydrogen (secondary N) is 1. The molecule has 1 aliphatic heterocycles. The van der Waals surface area contributed by atoms with Crippen LogP contribution in [0.5, 0.6) is 0 Å². The summed E-state index contributed by atoms with van der Waals surface area (Å²) in [5.41, 5.74) is 3.57. The molecule has 0 aliphatic carbocycles. The molecule has 2 aromatic carbocycles. The molecule has 1 saturated heterocycles.